The standard InChI is InChI=1S/C18H17ClN2O2/c1-11-7-8-12(9-14(11)19)21-17(22)20-15-10-18(21,2)23-16-6-4-3-5-13(15)16/h3-9,15H,10H2,1-2H3,(H,20,22)/t15-,18+/m0/s1. The second-order valence-corrected chi connectivity index (χ2v) is 6.70. The SMILES string of the molecule is Cc1ccc(N2C(=O)N[C@H]3C[C@@]2(C)Oc2ccccc23)cc1Cl. The fourth-order valence-corrected chi connectivity index (χ4v) is 3.61. The number of hydrogen-bond donors (Lipinski definition) is 1. The Labute approximate surface area is 140 Å². The number of anilines is 1. The fraction of sp³-hybridized carbons (Fsp3) is 0.278. The summed E-state index contributed by atoms with van der Waals surface area (Å²) in [5.41, 5.74) is 2.00. The van der Waals surface area contributed by atoms with Crippen molar-refractivity contribution in [1.82, 2.24) is 5.32 Å². The number of para-hydroxylation sites is 1. The Kier molecular flexibility index (Phi) is 3.07. The molecule has 2 amide bonds. The maximum atomic E-state index is 12.7. The van der Waals surface area contributed by atoms with Gasteiger partial charge in [-0.1, -0.05) is 35.9 Å². The van der Waals surface area contributed by atoms with Crippen molar-refractivity contribution in [3.05, 3.63) is 58.6 Å². The van der Waals surface area contributed by atoms with Crippen molar-refractivity contribution in [2.45, 2.75) is 32.0 Å². The molecular weight excluding hydrogens is 312 g/mol. The van der Waals surface area contributed by atoms with Gasteiger partial charge in [-0.05, 0) is 37.6 Å². The number of amides is 2. The molecule has 4 rings (SSSR count). The van der Waals surface area contributed by atoms with E-state index in [0.717, 1.165) is 22.6 Å². The predicted octanol–water partition coefficient (Wildman–Crippen LogP) is 4.42. The van der Waals surface area contributed by atoms with Crippen LogP contribution in [0.3, 0.4) is 0 Å². The molecule has 2 aromatic rings. The molecule has 23 heavy (non-hydrogen) atoms. The van der Waals surface area contributed by atoms with Gasteiger partial charge in [-0.3, -0.25) is 4.90 Å². The van der Waals surface area contributed by atoms with Gasteiger partial charge in [0.15, 0.2) is 5.72 Å². The van der Waals surface area contributed by atoms with Crippen LogP contribution in [0.4, 0.5) is 10.5 Å². The molecule has 0 spiro atoms. The Morgan fingerprint density at radius 3 is 2.87 bits per heavy atom. The third-order valence-corrected chi connectivity index (χ3v) is 5.00. The largest absolute Gasteiger partial charge is 0.467 e. The molecule has 118 valence electrons. The van der Waals surface area contributed by atoms with E-state index >= 15 is 0 Å². The summed E-state index contributed by atoms with van der Waals surface area (Å²) in [6.45, 7) is 3.88. The highest BCUT2D eigenvalue weighted by molar-refractivity contribution is 6.31. The number of nitrogens with zero attached hydrogens (tertiary/aromatic N) is 1. The number of rotatable bonds is 1. The molecular formula is C18H17ClN2O2. The van der Waals surface area contributed by atoms with E-state index in [9.17, 15) is 4.79 Å². The molecule has 2 aliphatic rings. The van der Waals surface area contributed by atoms with Gasteiger partial charge in [0.05, 0.1) is 11.7 Å². The second-order valence-electron chi connectivity index (χ2n) is 6.29. The third-order valence-electron chi connectivity index (χ3n) is 4.59. The van der Waals surface area contributed by atoms with Gasteiger partial charge in [0.2, 0.25) is 0 Å². The highest BCUT2D eigenvalue weighted by Gasteiger charge is 2.49. The van der Waals surface area contributed by atoms with Crippen LogP contribution in [-0.4, -0.2) is 11.8 Å². The van der Waals surface area contributed by atoms with Gasteiger partial charge in [0.25, 0.3) is 0 Å². The number of nitrogens with one attached hydrogen (secondary N) is 1. The minimum absolute atomic E-state index is 0.0328. The van der Waals surface area contributed by atoms with Gasteiger partial charge in [-0.15, -0.1) is 0 Å². The van der Waals surface area contributed by atoms with Gasteiger partial charge in [0, 0.05) is 17.0 Å². The zero-order valence-corrected chi connectivity index (χ0v) is 13.7. The molecule has 1 fully saturated rings. The lowest BCUT2D eigenvalue weighted by atomic mass is 9.90. The van der Waals surface area contributed by atoms with E-state index in [1.54, 1.807) is 4.90 Å². The van der Waals surface area contributed by atoms with Crippen LogP contribution in [0.2, 0.25) is 5.02 Å². The Morgan fingerprint density at radius 2 is 2.09 bits per heavy atom. The van der Waals surface area contributed by atoms with Crippen LogP contribution in [0.15, 0.2) is 42.5 Å². The van der Waals surface area contributed by atoms with Crippen LogP contribution >= 0.6 is 11.6 Å². The van der Waals surface area contributed by atoms with E-state index in [0.29, 0.717) is 11.4 Å². The van der Waals surface area contributed by atoms with Crippen LogP contribution in [0.5, 0.6) is 5.75 Å². The molecule has 5 heteroatoms. The summed E-state index contributed by atoms with van der Waals surface area (Å²) >= 11 is 6.24. The van der Waals surface area contributed by atoms with E-state index in [1.165, 1.54) is 0 Å². The number of ether oxygens (including phenoxy) is 1. The predicted molar refractivity (Wildman–Crippen MR) is 90.0 cm³/mol. The zero-order valence-electron chi connectivity index (χ0n) is 13.0. The second kappa shape index (κ2) is 4.90. The number of carbonyl (C=O) groups excluding carboxylic acids is 1. The van der Waals surface area contributed by atoms with E-state index in [1.807, 2.05) is 56.3 Å². The summed E-state index contributed by atoms with van der Waals surface area (Å²) in [5, 5.41) is 3.71. The molecule has 2 aliphatic heterocycles. The minimum atomic E-state index is -0.736. The number of urea groups is 1. The van der Waals surface area contributed by atoms with E-state index in [2.05, 4.69) is 5.32 Å². The first-order valence-corrected chi connectivity index (χ1v) is 8.00. The lowest BCUT2D eigenvalue weighted by molar-refractivity contribution is 0.0379. The third kappa shape index (κ3) is 2.17. The Bertz CT molecular complexity index is 807. The maximum Gasteiger partial charge on any atom is 0.325 e. The monoisotopic (exact) mass is 328 g/mol. The molecule has 0 radical (unpaired) electrons. The van der Waals surface area contributed by atoms with Crippen LogP contribution in [0.1, 0.15) is 30.5 Å². The lowest BCUT2D eigenvalue weighted by Crippen LogP contribution is -2.65. The van der Waals surface area contributed by atoms with Crippen molar-refractivity contribution in [2.75, 3.05) is 4.90 Å². The first kappa shape index (κ1) is 14.4. The fourth-order valence-electron chi connectivity index (χ4n) is 3.43. The van der Waals surface area contributed by atoms with E-state index < -0.39 is 5.72 Å². The molecule has 2 aromatic carbocycles. The highest BCUT2D eigenvalue weighted by Crippen LogP contribution is 2.45. The molecule has 2 bridgehead atoms. The highest BCUT2D eigenvalue weighted by atomic mass is 35.5. The van der Waals surface area contributed by atoms with Gasteiger partial charge >= 0.3 is 6.03 Å². The number of halogens is 1. The number of fused-ring (bicyclic) bond motifs is 4. The van der Waals surface area contributed by atoms with Crippen molar-refractivity contribution in [3.8, 4) is 5.75 Å². The van der Waals surface area contributed by atoms with Gasteiger partial charge in [-0.25, -0.2) is 4.79 Å². The molecule has 4 nitrogen and oxygen atoms in total. The molecule has 2 heterocycles. The number of aryl methyl sites for hydroxylation is 1. The van der Waals surface area contributed by atoms with Crippen molar-refractivity contribution in [3.63, 3.8) is 0 Å². The summed E-state index contributed by atoms with van der Waals surface area (Å²) in [4.78, 5) is 14.4. The Hall–Kier alpha value is -2.20. The maximum absolute atomic E-state index is 12.7. The summed E-state index contributed by atoms with van der Waals surface area (Å²) < 4.78 is 6.22. The number of hydrogen-bond acceptors (Lipinski definition) is 2. The van der Waals surface area contributed by atoms with E-state index in [-0.39, 0.29) is 12.1 Å². The van der Waals surface area contributed by atoms with Crippen LogP contribution in [0.25, 0.3) is 0 Å². The molecule has 2 atom stereocenters. The van der Waals surface area contributed by atoms with Crippen LogP contribution in [-0.2, 0) is 0 Å². The minimum Gasteiger partial charge on any atom is -0.467 e. The molecule has 0 unspecified atom stereocenters. The first-order chi connectivity index (χ1) is 11.0. The number of carbonyl (C=O) groups is 1. The smallest absolute Gasteiger partial charge is 0.325 e. The summed E-state index contributed by atoms with van der Waals surface area (Å²) in [6.07, 6.45) is 0.682. The quantitative estimate of drug-likeness (QED) is 0.842. The average Bonchev–Trinajstić information content (AvgIpc) is 2.50. The van der Waals surface area contributed by atoms with Gasteiger partial charge in [-0.2, -0.15) is 0 Å². The summed E-state index contributed by atoms with van der Waals surface area (Å²) in [5.74, 6) is 0.814. The molecule has 1 N–H and O–H groups in total. The number of benzene rings is 2. The topological polar surface area (TPSA) is 41.6 Å². The van der Waals surface area contributed by atoms with Gasteiger partial charge < -0.3 is 10.1 Å². The molecule has 1 saturated heterocycles. The van der Waals surface area contributed by atoms with Crippen LogP contribution < -0.4 is 15.0 Å². The van der Waals surface area contributed by atoms with E-state index in [4.69, 9.17) is 16.3 Å². The van der Waals surface area contributed by atoms with Crippen molar-refractivity contribution in [1.29, 1.82) is 0 Å². The van der Waals surface area contributed by atoms with Crippen molar-refractivity contribution >= 4 is 23.3 Å². The van der Waals surface area contributed by atoms with Gasteiger partial charge in [0.1, 0.15) is 5.75 Å². The van der Waals surface area contributed by atoms with Crippen LogP contribution in [0, 0.1) is 6.92 Å². The normalized spacial score (nSPS) is 25.4. The molecule has 0 aliphatic carbocycles. The Balaban J connectivity index is 1.81. The van der Waals surface area contributed by atoms with Crippen molar-refractivity contribution in [2.24, 2.45) is 0 Å². The lowest BCUT2D eigenvalue weighted by Gasteiger charge is -2.50. The Morgan fingerprint density at radius 1 is 1.30 bits per heavy atom. The summed E-state index contributed by atoms with van der Waals surface area (Å²) in [6, 6.07) is 13.3. The molecule has 0 saturated carbocycles. The van der Waals surface area contributed by atoms with Crippen molar-refractivity contribution < 1.29 is 9.53 Å². The molecule has 0 aromatic heterocycles. The average molecular weight is 329 g/mol. The zero-order chi connectivity index (χ0) is 16.2. The summed E-state index contributed by atoms with van der Waals surface area (Å²) in [7, 11) is 0. The first-order valence-electron chi connectivity index (χ1n) is 7.63.